The Morgan fingerprint density at radius 2 is 0.952 bits per heavy atom. The second-order valence-corrected chi connectivity index (χ2v) is 8.13. The van der Waals surface area contributed by atoms with Crippen LogP contribution < -0.4 is 21.2 Å². The van der Waals surface area contributed by atoms with E-state index in [0.717, 1.165) is 0 Å². The minimum absolute atomic E-state index is 0.0287. The molecule has 0 aliphatic heterocycles. The van der Waals surface area contributed by atoms with E-state index in [1.165, 1.54) is 45.7 Å². The lowest BCUT2D eigenvalue weighted by molar-refractivity contribution is -0.597. The van der Waals surface area contributed by atoms with Gasteiger partial charge in [0.1, 0.15) is 0 Å². The SMILES string of the molecule is CCCCCCCC.c1ccc([I+]c2ccccc2)cc1. The van der Waals surface area contributed by atoms with Crippen LogP contribution in [-0.2, 0) is 0 Å². The molecule has 0 fully saturated rings. The van der Waals surface area contributed by atoms with E-state index in [-0.39, 0.29) is 21.2 Å². The van der Waals surface area contributed by atoms with E-state index < -0.39 is 0 Å². The lowest BCUT2D eigenvalue weighted by atomic mass is 10.1. The minimum Gasteiger partial charge on any atom is -0.0654 e. The number of rotatable bonds is 7. The van der Waals surface area contributed by atoms with Gasteiger partial charge in [-0.15, -0.1) is 0 Å². The number of hydrogen-bond acceptors (Lipinski definition) is 0. The lowest BCUT2D eigenvalue weighted by Crippen LogP contribution is -3.61. The minimum atomic E-state index is 0.0287. The summed E-state index contributed by atoms with van der Waals surface area (Å²) in [6.45, 7) is 4.51. The van der Waals surface area contributed by atoms with Gasteiger partial charge in [0.05, 0.1) is 0 Å². The van der Waals surface area contributed by atoms with Crippen LogP contribution in [0.5, 0.6) is 0 Å². The normalized spacial score (nSPS) is 9.81. The molecule has 0 unspecified atom stereocenters. The van der Waals surface area contributed by atoms with Crippen LogP contribution in [0.3, 0.4) is 0 Å². The van der Waals surface area contributed by atoms with Crippen LogP contribution in [0.25, 0.3) is 0 Å². The summed E-state index contributed by atoms with van der Waals surface area (Å²) in [6, 6.07) is 21.4. The van der Waals surface area contributed by atoms with Crippen molar-refractivity contribution in [2.24, 2.45) is 0 Å². The maximum Gasteiger partial charge on any atom is 0.357 e. The molecule has 2 aromatic carbocycles. The fraction of sp³-hybridized carbons (Fsp3) is 0.400. The Morgan fingerprint density at radius 1 is 0.571 bits per heavy atom. The Kier molecular flexibility index (Phi) is 11.2. The standard InChI is InChI=1S/C12H10I.C8H18/c1-3-7-11(8-4-1)13-12-9-5-2-6-10-12;1-3-5-7-8-6-4-2/h1-10H;3-8H2,1-2H3/q+1;. The van der Waals surface area contributed by atoms with Crippen LogP contribution in [0.4, 0.5) is 0 Å². The molecule has 0 atom stereocenters. The first kappa shape index (κ1) is 18.2. The number of benzene rings is 2. The third-order valence-electron chi connectivity index (χ3n) is 3.14. The first-order valence-electron chi connectivity index (χ1n) is 8.11. The third-order valence-corrected chi connectivity index (χ3v) is 5.83. The first-order valence-corrected chi connectivity index (χ1v) is 10.3. The zero-order valence-corrected chi connectivity index (χ0v) is 15.6. The molecular formula is C20H28I+. The highest BCUT2D eigenvalue weighted by molar-refractivity contribution is 5.02. The molecule has 0 saturated carbocycles. The Balaban J connectivity index is 0.000000240. The Morgan fingerprint density at radius 3 is 1.29 bits per heavy atom. The summed E-state index contributed by atoms with van der Waals surface area (Å²) in [6.07, 6.45) is 8.49. The monoisotopic (exact) mass is 395 g/mol. The molecule has 0 amide bonds. The highest BCUT2D eigenvalue weighted by Gasteiger charge is 2.12. The van der Waals surface area contributed by atoms with Gasteiger partial charge in [0.2, 0.25) is 0 Å². The van der Waals surface area contributed by atoms with Crippen LogP contribution in [0.2, 0.25) is 0 Å². The summed E-state index contributed by atoms with van der Waals surface area (Å²) in [5, 5.41) is 0. The predicted octanol–water partition coefficient (Wildman–Crippen LogP) is 3.18. The Hall–Kier alpha value is -0.830. The van der Waals surface area contributed by atoms with Gasteiger partial charge in [0, 0.05) is 0 Å². The van der Waals surface area contributed by atoms with Gasteiger partial charge in [-0.3, -0.25) is 0 Å². The van der Waals surface area contributed by atoms with Crippen molar-refractivity contribution in [1.82, 2.24) is 0 Å². The molecule has 1 heteroatoms. The summed E-state index contributed by atoms with van der Waals surface area (Å²) in [5.74, 6) is 0. The van der Waals surface area contributed by atoms with Crippen molar-refractivity contribution in [2.75, 3.05) is 0 Å². The Bertz CT molecular complexity index is 392. The van der Waals surface area contributed by atoms with Crippen LogP contribution >= 0.6 is 0 Å². The number of unbranched alkanes of at least 4 members (excludes halogenated alkanes) is 5. The van der Waals surface area contributed by atoms with E-state index in [4.69, 9.17) is 0 Å². The van der Waals surface area contributed by atoms with Crippen molar-refractivity contribution in [3.05, 3.63) is 67.8 Å². The van der Waals surface area contributed by atoms with E-state index >= 15 is 0 Å². The molecule has 0 radical (unpaired) electrons. The zero-order chi connectivity index (χ0) is 15.2. The molecule has 21 heavy (non-hydrogen) atoms. The molecule has 114 valence electrons. The van der Waals surface area contributed by atoms with Crippen molar-refractivity contribution < 1.29 is 21.2 Å². The third kappa shape index (κ3) is 9.67. The van der Waals surface area contributed by atoms with Crippen LogP contribution in [-0.4, -0.2) is 0 Å². The maximum absolute atomic E-state index is 2.26. The fourth-order valence-electron chi connectivity index (χ4n) is 1.93. The molecule has 0 saturated heterocycles. The van der Waals surface area contributed by atoms with Gasteiger partial charge in [0.15, 0.2) is 7.14 Å². The molecule has 0 aliphatic carbocycles. The van der Waals surface area contributed by atoms with Crippen molar-refractivity contribution >= 4 is 0 Å². The van der Waals surface area contributed by atoms with Crippen molar-refractivity contribution in [2.45, 2.75) is 52.4 Å². The zero-order valence-electron chi connectivity index (χ0n) is 13.4. The van der Waals surface area contributed by atoms with Crippen molar-refractivity contribution in [1.29, 1.82) is 0 Å². The fourth-order valence-corrected chi connectivity index (χ4v) is 4.20. The predicted molar refractivity (Wildman–Crippen MR) is 89.3 cm³/mol. The highest BCUT2D eigenvalue weighted by Crippen LogP contribution is 2.03. The molecule has 0 spiro atoms. The van der Waals surface area contributed by atoms with E-state index in [2.05, 4.69) is 74.5 Å². The quantitative estimate of drug-likeness (QED) is 0.499. The summed E-state index contributed by atoms with van der Waals surface area (Å²) in [7, 11) is 0. The molecule has 0 nitrogen and oxygen atoms in total. The van der Waals surface area contributed by atoms with Crippen molar-refractivity contribution in [3.8, 4) is 0 Å². The van der Waals surface area contributed by atoms with E-state index in [9.17, 15) is 0 Å². The summed E-state index contributed by atoms with van der Waals surface area (Å²) >= 11 is 0.0287. The van der Waals surface area contributed by atoms with Gasteiger partial charge < -0.3 is 0 Å². The second-order valence-electron chi connectivity index (χ2n) is 5.10. The molecule has 0 aliphatic rings. The van der Waals surface area contributed by atoms with Gasteiger partial charge in [0.25, 0.3) is 0 Å². The van der Waals surface area contributed by atoms with E-state index in [1.54, 1.807) is 0 Å². The molecule has 0 bridgehead atoms. The summed E-state index contributed by atoms with van der Waals surface area (Å²) in [4.78, 5) is 0. The first-order chi connectivity index (χ1) is 10.4. The van der Waals surface area contributed by atoms with Gasteiger partial charge in [-0.05, 0) is 24.3 Å². The van der Waals surface area contributed by atoms with Crippen LogP contribution in [0.15, 0.2) is 60.7 Å². The number of halogens is 1. The lowest BCUT2D eigenvalue weighted by Gasteiger charge is -1.93. The van der Waals surface area contributed by atoms with Crippen molar-refractivity contribution in [3.63, 3.8) is 0 Å². The average Bonchev–Trinajstić information content (AvgIpc) is 2.54. The van der Waals surface area contributed by atoms with Gasteiger partial charge >= 0.3 is 21.2 Å². The second kappa shape index (κ2) is 12.9. The maximum atomic E-state index is 2.26. The van der Waals surface area contributed by atoms with Crippen LogP contribution in [0, 0.1) is 7.14 Å². The molecule has 0 heterocycles. The Labute approximate surface area is 141 Å². The largest absolute Gasteiger partial charge is 0.357 e. The molecule has 0 N–H and O–H groups in total. The van der Waals surface area contributed by atoms with Gasteiger partial charge in [-0.25, -0.2) is 0 Å². The number of hydrogen-bond donors (Lipinski definition) is 0. The molecule has 0 aromatic heterocycles. The van der Waals surface area contributed by atoms with E-state index in [0.29, 0.717) is 0 Å². The summed E-state index contributed by atoms with van der Waals surface area (Å²) in [5.41, 5.74) is 0. The highest BCUT2D eigenvalue weighted by atomic mass is 127. The van der Waals surface area contributed by atoms with E-state index in [1.807, 2.05) is 0 Å². The average molecular weight is 395 g/mol. The molecule has 2 rings (SSSR count). The topological polar surface area (TPSA) is 0 Å². The molecular weight excluding hydrogens is 367 g/mol. The smallest absolute Gasteiger partial charge is 0.0654 e. The van der Waals surface area contributed by atoms with Gasteiger partial charge in [-0.1, -0.05) is 88.8 Å². The molecule has 2 aromatic rings. The summed E-state index contributed by atoms with van der Waals surface area (Å²) < 4.78 is 2.96. The van der Waals surface area contributed by atoms with Gasteiger partial charge in [-0.2, -0.15) is 0 Å². The van der Waals surface area contributed by atoms with Crippen LogP contribution in [0.1, 0.15) is 52.4 Å².